The highest BCUT2D eigenvalue weighted by atomic mass is 16.5. The lowest BCUT2D eigenvalue weighted by atomic mass is 10.1. The van der Waals surface area contributed by atoms with Crippen molar-refractivity contribution in [3.8, 4) is 0 Å². The Kier molecular flexibility index (Phi) is 3.98. The lowest BCUT2D eigenvalue weighted by Crippen LogP contribution is -2.13. The largest absolute Gasteiger partial charge is 0.465 e. The average Bonchev–Trinajstić information content (AvgIpc) is 2.40. The van der Waals surface area contributed by atoms with Crippen molar-refractivity contribution >= 4 is 11.8 Å². The van der Waals surface area contributed by atoms with Crippen LogP contribution in [0.3, 0.4) is 0 Å². The number of aryl methyl sites for hydroxylation is 2. The van der Waals surface area contributed by atoms with Crippen molar-refractivity contribution in [1.82, 2.24) is 9.97 Å². The number of carbonyl (C=O) groups is 1. The second-order valence-electron chi connectivity index (χ2n) is 4.58. The molecule has 0 atom stereocenters. The van der Waals surface area contributed by atoms with Gasteiger partial charge < -0.3 is 10.5 Å². The monoisotopic (exact) mass is 271 g/mol. The highest BCUT2D eigenvalue weighted by molar-refractivity contribution is 5.95. The van der Waals surface area contributed by atoms with Gasteiger partial charge in [0.05, 0.1) is 12.8 Å². The minimum Gasteiger partial charge on any atom is -0.465 e. The first-order valence-corrected chi connectivity index (χ1v) is 6.28. The van der Waals surface area contributed by atoms with E-state index in [4.69, 9.17) is 5.73 Å². The highest BCUT2D eigenvalue weighted by Gasteiger charge is 2.17. The van der Waals surface area contributed by atoms with Gasteiger partial charge in [0.25, 0.3) is 0 Å². The molecule has 20 heavy (non-hydrogen) atoms. The summed E-state index contributed by atoms with van der Waals surface area (Å²) < 4.78 is 4.68. The molecule has 0 bridgehead atoms. The number of nitrogen functional groups attached to an aromatic ring is 1. The van der Waals surface area contributed by atoms with Gasteiger partial charge in [-0.2, -0.15) is 0 Å². The van der Waals surface area contributed by atoms with Gasteiger partial charge in [0, 0.05) is 6.42 Å². The molecule has 0 fully saturated rings. The summed E-state index contributed by atoms with van der Waals surface area (Å²) in [6.07, 6.45) is 0.583. The van der Waals surface area contributed by atoms with Crippen molar-refractivity contribution in [2.45, 2.75) is 20.3 Å². The summed E-state index contributed by atoms with van der Waals surface area (Å²) in [6.45, 7) is 3.76. The van der Waals surface area contributed by atoms with Crippen molar-refractivity contribution in [3.05, 3.63) is 52.5 Å². The minimum absolute atomic E-state index is 0.160. The van der Waals surface area contributed by atoms with E-state index < -0.39 is 5.97 Å². The fourth-order valence-corrected chi connectivity index (χ4v) is 2.07. The van der Waals surface area contributed by atoms with Crippen LogP contribution in [-0.4, -0.2) is 23.0 Å². The number of methoxy groups -OCH3 is 1. The third-order valence-corrected chi connectivity index (χ3v) is 3.16. The van der Waals surface area contributed by atoms with Gasteiger partial charge in [-0.3, -0.25) is 0 Å². The Hall–Kier alpha value is -2.43. The summed E-state index contributed by atoms with van der Waals surface area (Å²) >= 11 is 0. The number of carbonyl (C=O) groups excluding carboxylic acids is 1. The van der Waals surface area contributed by atoms with Crippen molar-refractivity contribution in [3.63, 3.8) is 0 Å². The van der Waals surface area contributed by atoms with E-state index in [0.29, 0.717) is 17.9 Å². The zero-order chi connectivity index (χ0) is 14.7. The van der Waals surface area contributed by atoms with E-state index >= 15 is 0 Å². The van der Waals surface area contributed by atoms with Crippen molar-refractivity contribution in [2.24, 2.45) is 0 Å². The van der Waals surface area contributed by atoms with E-state index in [-0.39, 0.29) is 11.4 Å². The minimum atomic E-state index is -0.512. The fourth-order valence-electron chi connectivity index (χ4n) is 2.07. The molecule has 5 heteroatoms. The van der Waals surface area contributed by atoms with Crippen LogP contribution in [0.2, 0.25) is 0 Å². The van der Waals surface area contributed by atoms with E-state index in [1.54, 1.807) is 6.92 Å². The summed E-state index contributed by atoms with van der Waals surface area (Å²) in [7, 11) is 1.31. The zero-order valence-electron chi connectivity index (χ0n) is 11.8. The zero-order valence-corrected chi connectivity index (χ0v) is 11.8. The Bertz CT molecular complexity index is 630. The second kappa shape index (κ2) is 5.69. The molecule has 2 N–H and O–H groups in total. The normalized spacial score (nSPS) is 10.3. The number of esters is 1. The maximum Gasteiger partial charge on any atom is 0.343 e. The van der Waals surface area contributed by atoms with Gasteiger partial charge in [-0.05, 0) is 25.0 Å². The molecule has 0 amide bonds. The standard InChI is InChI=1S/C15H17N3O2/c1-9-6-4-5-7-11(9)8-12-17-10(2)13(14(16)18-12)15(19)20-3/h4-7H,8H2,1-3H3,(H2,16,17,18). The molecule has 0 spiro atoms. The molecule has 0 saturated carbocycles. The maximum atomic E-state index is 11.6. The van der Waals surface area contributed by atoms with Crippen LogP contribution in [0.1, 0.15) is 33.0 Å². The number of anilines is 1. The number of ether oxygens (including phenoxy) is 1. The predicted octanol–water partition coefficient (Wildman–Crippen LogP) is 2.05. The van der Waals surface area contributed by atoms with Crippen LogP contribution < -0.4 is 5.73 Å². The number of nitrogens with two attached hydrogens (primary N) is 1. The first-order chi connectivity index (χ1) is 9.52. The molecule has 0 saturated heterocycles. The van der Waals surface area contributed by atoms with E-state index in [1.807, 2.05) is 31.2 Å². The van der Waals surface area contributed by atoms with E-state index in [1.165, 1.54) is 12.7 Å². The van der Waals surface area contributed by atoms with Crippen molar-refractivity contribution in [1.29, 1.82) is 0 Å². The van der Waals surface area contributed by atoms with Gasteiger partial charge in [0.1, 0.15) is 17.2 Å². The second-order valence-corrected chi connectivity index (χ2v) is 4.58. The number of benzene rings is 1. The van der Waals surface area contributed by atoms with Crippen LogP contribution in [-0.2, 0) is 11.2 Å². The molecule has 2 rings (SSSR count). The topological polar surface area (TPSA) is 78.1 Å². The maximum absolute atomic E-state index is 11.6. The van der Waals surface area contributed by atoms with Gasteiger partial charge in [-0.1, -0.05) is 24.3 Å². The van der Waals surface area contributed by atoms with Crippen LogP contribution in [0, 0.1) is 13.8 Å². The first kappa shape index (κ1) is 14.0. The molecule has 0 unspecified atom stereocenters. The molecule has 0 radical (unpaired) electrons. The summed E-state index contributed by atoms with van der Waals surface area (Å²) in [4.78, 5) is 20.1. The number of rotatable bonds is 3. The van der Waals surface area contributed by atoms with E-state index in [9.17, 15) is 4.79 Å². The number of nitrogens with zero attached hydrogens (tertiary/aromatic N) is 2. The summed E-state index contributed by atoms with van der Waals surface area (Å²) in [5.41, 5.74) is 8.92. The Labute approximate surface area is 117 Å². The van der Waals surface area contributed by atoms with Crippen molar-refractivity contribution < 1.29 is 9.53 Å². The quantitative estimate of drug-likeness (QED) is 0.864. The molecule has 1 aromatic carbocycles. The van der Waals surface area contributed by atoms with Crippen LogP contribution in [0.15, 0.2) is 24.3 Å². The molecular weight excluding hydrogens is 254 g/mol. The number of hydrogen-bond donors (Lipinski definition) is 1. The van der Waals surface area contributed by atoms with Crippen LogP contribution in [0.25, 0.3) is 0 Å². The molecule has 1 heterocycles. The molecule has 0 aliphatic heterocycles. The van der Waals surface area contributed by atoms with Crippen molar-refractivity contribution in [2.75, 3.05) is 12.8 Å². The Morgan fingerprint density at radius 1 is 1.25 bits per heavy atom. The van der Waals surface area contributed by atoms with Crippen LogP contribution in [0.5, 0.6) is 0 Å². The van der Waals surface area contributed by atoms with E-state index in [0.717, 1.165) is 5.56 Å². The highest BCUT2D eigenvalue weighted by Crippen LogP contribution is 2.17. The third-order valence-electron chi connectivity index (χ3n) is 3.16. The molecular formula is C15H17N3O2. The predicted molar refractivity (Wildman–Crippen MR) is 76.5 cm³/mol. The molecule has 0 aliphatic rings. The van der Waals surface area contributed by atoms with Gasteiger partial charge in [0.2, 0.25) is 0 Å². The first-order valence-electron chi connectivity index (χ1n) is 6.28. The molecule has 5 nitrogen and oxygen atoms in total. The molecule has 2 aromatic rings. The lowest BCUT2D eigenvalue weighted by molar-refractivity contribution is 0.0600. The number of hydrogen-bond acceptors (Lipinski definition) is 5. The summed E-state index contributed by atoms with van der Waals surface area (Å²) in [5, 5.41) is 0. The number of aromatic nitrogens is 2. The SMILES string of the molecule is COC(=O)c1c(C)nc(Cc2ccccc2C)nc1N. The van der Waals surface area contributed by atoms with Gasteiger partial charge in [-0.25, -0.2) is 14.8 Å². The third kappa shape index (κ3) is 2.77. The Morgan fingerprint density at radius 3 is 2.55 bits per heavy atom. The summed E-state index contributed by atoms with van der Waals surface area (Å²) in [5.74, 6) is 0.248. The smallest absolute Gasteiger partial charge is 0.343 e. The van der Waals surface area contributed by atoms with E-state index in [2.05, 4.69) is 14.7 Å². The Balaban J connectivity index is 2.36. The van der Waals surface area contributed by atoms with Gasteiger partial charge in [0.15, 0.2) is 0 Å². The van der Waals surface area contributed by atoms with Crippen LogP contribution in [0.4, 0.5) is 5.82 Å². The van der Waals surface area contributed by atoms with Gasteiger partial charge in [-0.15, -0.1) is 0 Å². The van der Waals surface area contributed by atoms with Crippen LogP contribution >= 0.6 is 0 Å². The summed E-state index contributed by atoms with van der Waals surface area (Å²) in [6, 6.07) is 8.02. The lowest BCUT2D eigenvalue weighted by Gasteiger charge is -2.09. The molecule has 104 valence electrons. The average molecular weight is 271 g/mol. The molecule has 0 aliphatic carbocycles. The molecule has 1 aromatic heterocycles. The Morgan fingerprint density at radius 2 is 1.95 bits per heavy atom. The fraction of sp³-hybridized carbons (Fsp3) is 0.267. The van der Waals surface area contributed by atoms with Gasteiger partial charge >= 0.3 is 5.97 Å².